The highest BCUT2D eigenvalue weighted by Gasteiger charge is 1.97. The molecule has 1 N–H and O–H groups in total. The van der Waals surface area contributed by atoms with Gasteiger partial charge in [-0.2, -0.15) is 4.98 Å². The Labute approximate surface area is 99.8 Å². The predicted molar refractivity (Wildman–Crippen MR) is 62.8 cm³/mol. The average molecular weight is 233 g/mol. The van der Waals surface area contributed by atoms with Gasteiger partial charge in [-0.15, -0.1) is 0 Å². The number of hydrogen-bond donors (Lipinski definition) is 1. The second-order valence-electron chi connectivity index (χ2n) is 3.51. The van der Waals surface area contributed by atoms with Gasteiger partial charge in [0.25, 0.3) is 0 Å². The van der Waals surface area contributed by atoms with Crippen molar-refractivity contribution in [2.75, 3.05) is 19.7 Å². The summed E-state index contributed by atoms with van der Waals surface area (Å²) in [4.78, 5) is 3.93. The first kappa shape index (κ1) is 11.6. The molecular formula is C12H15N3O2. The van der Waals surface area contributed by atoms with Crippen LogP contribution in [0.25, 0.3) is 0 Å². The fourth-order valence-electron chi connectivity index (χ4n) is 1.39. The van der Waals surface area contributed by atoms with Gasteiger partial charge in [0.15, 0.2) is 5.82 Å². The van der Waals surface area contributed by atoms with E-state index < -0.39 is 0 Å². The number of rotatable bonds is 7. The number of ether oxygens (including phenoxy) is 1. The van der Waals surface area contributed by atoms with Crippen molar-refractivity contribution in [3.8, 4) is 5.75 Å². The quantitative estimate of drug-likeness (QED) is 0.730. The predicted octanol–water partition coefficient (Wildman–Crippen LogP) is 1.28. The second-order valence-corrected chi connectivity index (χ2v) is 3.51. The molecule has 0 spiro atoms. The van der Waals surface area contributed by atoms with Crippen molar-refractivity contribution in [3.63, 3.8) is 0 Å². The molecule has 0 amide bonds. The minimum Gasteiger partial charge on any atom is -0.492 e. The Morgan fingerprint density at radius 3 is 2.82 bits per heavy atom. The lowest BCUT2D eigenvalue weighted by Crippen LogP contribution is -2.23. The van der Waals surface area contributed by atoms with Crippen molar-refractivity contribution in [2.45, 2.75) is 6.42 Å². The van der Waals surface area contributed by atoms with Crippen molar-refractivity contribution < 1.29 is 9.26 Å². The lowest BCUT2D eigenvalue weighted by Gasteiger charge is -2.06. The van der Waals surface area contributed by atoms with E-state index in [1.807, 2.05) is 30.3 Å². The highest BCUT2D eigenvalue weighted by atomic mass is 16.5. The lowest BCUT2D eigenvalue weighted by atomic mass is 10.3. The van der Waals surface area contributed by atoms with Crippen LogP contribution in [-0.4, -0.2) is 29.8 Å². The molecule has 0 aliphatic carbocycles. The minimum atomic E-state index is 0.649. The Kier molecular flexibility index (Phi) is 4.54. The normalized spacial score (nSPS) is 10.4. The molecule has 5 heteroatoms. The van der Waals surface area contributed by atoms with Gasteiger partial charge >= 0.3 is 0 Å². The van der Waals surface area contributed by atoms with E-state index in [0.717, 1.165) is 31.1 Å². The molecule has 90 valence electrons. The third kappa shape index (κ3) is 4.24. The molecule has 0 unspecified atom stereocenters. The number of nitrogens with one attached hydrogen (secondary N) is 1. The summed E-state index contributed by atoms with van der Waals surface area (Å²) in [5.41, 5.74) is 0. The molecule has 1 heterocycles. The Morgan fingerprint density at radius 1 is 1.18 bits per heavy atom. The Morgan fingerprint density at radius 2 is 2.06 bits per heavy atom. The summed E-state index contributed by atoms with van der Waals surface area (Å²) < 4.78 is 10.2. The van der Waals surface area contributed by atoms with Crippen molar-refractivity contribution >= 4 is 0 Å². The van der Waals surface area contributed by atoms with Gasteiger partial charge < -0.3 is 14.6 Å². The second kappa shape index (κ2) is 6.65. The molecule has 2 aromatic rings. The van der Waals surface area contributed by atoms with Crippen LogP contribution in [0.5, 0.6) is 5.75 Å². The smallest absolute Gasteiger partial charge is 0.213 e. The van der Waals surface area contributed by atoms with Crippen LogP contribution in [0.2, 0.25) is 0 Å². The van der Waals surface area contributed by atoms with Crippen LogP contribution in [0.1, 0.15) is 5.82 Å². The topological polar surface area (TPSA) is 60.2 Å². The summed E-state index contributed by atoms with van der Waals surface area (Å²) in [7, 11) is 0. The maximum Gasteiger partial charge on any atom is 0.213 e. The van der Waals surface area contributed by atoms with Crippen LogP contribution >= 0.6 is 0 Å². The Hall–Kier alpha value is -1.88. The van der Waals surface area contributed by atoms with Gasteiger partial charge in [0.05, 0.1) is 0 Å². The summed E-state index contributed by atoms with van der Waals surface area (Å²) in [6, 6.07) is 9.77. The number of nitrogens with zero attached hydrogens (tertiary/aromatic N) is 2. The first-order chi connectivity index (χ1) is 8.45. The Bertz CT molecular complexity index is 403. The molecule has 0 fully saturated rings. The van der Waals surface area contributed by atoms with Crippen LogP contribution < -0.4 is 10.1 Å². The monoisotopic (exact) mass is 233 g/mol. The summed E-state index contributed by atoms with van der Waals surface area (Å²) >= 11 is 0. The van der Waals surface area contributed by atoms with E-state index in [2.05, 4.69) is 20.0 Å². The summed E-state index contributed by atoms with van der Waals surface area (Å²) in [6.45, 7) is 2.26. The summed E-state index contributed by atoms with van der Waals surface area (Å²) in [6.07, 6.45) is 2.11. The van der Waals surface area contributed by atoms with Crippen molar-refractivity contribution in [2.24, 2.45) is 0 Å². The molecule has 0 saturated heterocycles. The Balaban J connectivity index is 1.52. The van der Waals surface area contributed by atoms with E-state index in [1.54, 1.807) is 0 Å². The van der Waals surface area contributed by atoms with E-state index >= 15 is 0 Å². The van der Waals surface area contributed by atoms with E-state index in [9.17, 15) is 0 Å². The van der Waals surface area contributed by atoms with E-state index in [0.29, 0.717) is 6.61 Å². The lowest BCUT2D eigenvalue weighted by molar-refractivity contribution is 0.314. The van der Waals surface area contributed by atoms with Crippen LogP contribution in [-0.2, 0) is 6.42 Å². The summed E-state index contributed by atoms with van der Waals surface area (Å²) in [5, 5.41) is 6.97. The molecule has 1 aromatic carbocycles. The fourth-order valence-corrected chi connectivity index (χ4v) is 1.39. The molecule has 0 aliphatic heterocycles. The highest BCUT2D eigenvalue weighted by Crippen LogP contribution is 2.07. The third-order valence-corrected chi connectivity index (χ3v) is 2.22. The molecule has 2 rings (SSSR count). The van der Waals surface area contributed by atoms with Crippen molar-refractivity contribution in [1.82, 2.24) is 15.5 Å². The van der Waals surface area contributed by atoms with Gasteiger partial charge in [0.1, 0.15) is 12.4 Å². The fraction of sp³-hybridized carbons (Fsp3) is 0.333. The molecular weight excluding hydrogens is 218 g/mol. The van der Waals surface area contributed by atoms with Crippen molar-refractivity contribution in [1.29, 1.82) is 0 Å². The number of hydrogen-bond acceptors (Lipinski definition) is 5. The molecule has 0 radical (unpaired) electrons. The number of aromatic nitrogens is 2. The largest absolute Gasteiger partial charge is 0.492 e. The van der Waals surface area contributed by atoms with Crippen molar-refractivity contribution in [3.05, 3.63) is 42.5 Å². The van der Waals surface area contributed by atoms with Crippen LogP contribution in [0.3, 0.4) is 0 Å². The molecule has 0 saturated carbocycles. The van der Waals surface area contributed by atoms with Crippen LogP contribution in [0.4, 0.5) is 0 Å². The standard InChI is InChI=1S/C12H15N3O2/c1-2-4-11(5-3-1)16-9-8-13-7-6-12-14-10-17-15-12/h1-5,10,13H,6-9H2. The zero-order chi connectivity index (χ0) is 11.8. The van der Waals surface area contributed by atoms with E-state index in [1.165, 1.54) is 6.39 Å². The minimum absolute atomic E-state index is 0.649. The van der Waals surface area contributed by atoms with Crippen LogP contribution in [0, 0.1) is 0 Å². The SMILES string of the molecule is c1ccc(OCCNCCc2ncon2)cc1. The molecule has 0 bridgehead atoms. The van der Waals surface area contributed by atoms with Gasteiger partial charge in [0.2, 0.25) is 6.39 Å². The van der Waals surface area contributed by atoms with Gasteiger partial charge in [-0.05, 0) is 12.1 Å². The zero-order valence-corrected chi connectivity index (χ0v) is 9.50. The maximum absolute atomic E-state index is 5.53. The maximum atomic E-state index is 5.53. The molecule has 5 nitrogen and oxygen atoms in total. The molecule has 0 atom stereocenters. The number of para-hydroxylation sites is 1. The first-order valence-corrected chi connectivity index (χ1v) is 5.59. The van der Waals surface area contributed by atoms with Gasteiger partial charge in [-0.25, -0.2) is 0 Å². The van der Waals surface area contributed by atoms with Gasteiger partial charge in [-0.1, -0.05) is 23.4 Å². The van der Waals surface area contributed by atoms with Gasteiger partial charge in [-0.3, -0.25) is 0 Å². The molecule has 1 aromatic heterocycles. The average Bonchev–Trinajstić information content (AvgIpc) is 2.88. The summed E-state index contributed by atoms with van der Waals surface area (Å²) in [5.74, 6) is 1.62. The molecule has 17 heavy (non-hydrogen) atoms. The van der Waals surface area contributed by atoms with Gasteiger partial charge in [0, 0.05) is 19.5 Å². The highest BCUT2D eigenvalue weighted by molar-refractivity contribution is 5.20. The number of benzene rings is 1. The molecule has 0 aliphatic rings. The van der Waals surface area contributed by atoms with E-state index in [4.69, 9.17) is 4.74 Å². The van der Waals surface area contributed by atoms with Crippen LogP contribution in [0.15, 0.2) is 41.2 Å². The zero-order valence-electron chi connectivity index (χ0n) is 9.50. The first-order valence-electron chi connectivity index (χ1n) is 5.59. The third-order valence-electron chi connectivity index (χ3n) is 2.22. The van der Waals surface area contributed by atoms with E-state index in [-0.39, 0.29) is 0 Å².